The highest BCUT2D eigenvalue weighted by Gasteiger charge is 2.20. The number of benzene rings is 3. The summed E-state index contributed by atoms with van der Waals surface area (Å²) in [6, 6.07) is 23.9. The zero-order chi connectivity index (χ0) is 22.7. The summed E-state index contributed by atoms with van der Waals surface area (Å²) in [4.78, 5) is 17.6. The van der Waals surface area contributed by atoms with Crippen LogP contribution in [-0.4, -0.2) is 30.1 Å². The number of nitrogens with zero attached hydrogens (tertiary/aromatic N) is 2. The Kier molecular flexibility index (Phi) is 6.30. The van der Waals surface area contributed by atoms with Crippen LogP contribution in [0.3, 0.4) is 0 Å². The average Bonchev–Trinajstić information content (AvgIpc) is 3.08. The maximum absolute atomic E-state index is 13.2. The van der Waals surface area contributed by atoms with Gasteiger partial charge in [0.2, 0.25) is 5.91 Å². The second-order valence-electron chi connectivity index (χ2n) is 7.64. The van der Waals surface area contributed by atoms with Crippen LogP contribution < -0.4 is 5.32 Å². The normalized spacial score (nSPS) is 12.6. The molecule has 0 unspecified atom stereocenters. The molecule has 1 aromatic heterocycles. The van der Waals surface area contributed by atoms with Crippen LogP contribution in [0.1, 0.15) is 23.0 Å². The minimum Gasteiger partial charge on any atom is -0.344 e. The van der Waals surface area contributed by atoms with Crippen LogP contribution >= 0.6 is 11.6 Å². The topological polar surface area (TPSA) is 81.1 Å². The molecule has 0 aliphatic heterocycles. The number of para-hydroxylation sites is 2. The summed E-state index contributed by atoms with van der Waals surface area (Å²) >= 11 is 6.04. The van der Waals surface area contributed by atoms with Crippen molar-refractivity contribution in [3.05, 3.63) is 101 Å². The van der Waals surface area contributed by atoms with Gasteiger partial charge in [-0.1, -0.05) is 66.2 Å². The molecule has 6 nitrogen and oxygen atoms in total. The fourth-order valence-corrected chi connectivity index (χ4v) is 4.47. The molecule has 0 saturated heterocycles. The van der Waals surface area contributed by atoms with Crippen molar-refractivity contribution in [3.8, 4) is 0 Å². The van der Waals surface area contributed by atoms with Gasteiger partial charge in [-0.2, -0.15) is 0 Å². The van der Waals surface area contributed by atoms with E-state index in [4.69, 9.17) is 11.6 Å². The smallest absolute Gasteiger partial charge is 0.240 e. The molecule has 4 rings (SSSR count). The first-order valence-electron chi connectivity index (χ1n) is 10.0. The third-order valence-corrected chi connectivity index (χ3v) is 6.10. The number of hydrogen-bond donors (Lipinski definition) is 1. The van der Waals surface area contributed by atoms with Crippen molar-refractivity contribution in [2.75, 3.05) is 6.26 Å². The monoisotopic (exact) mass is 467 g/mol. The molecule has 0 bridgehead atoms. The summed E-state index contributed by atoms with van der Waals surface area (Å²) in [7, 11) is -3.32. The molecule has 0 radical (unpaired) electrons. The minimum absolute atomic E-state index is 0.0533. The van der Waals surface area contributed by atoms with Crippen molar-refractivity contribution in [2.24, 2.45) is 0 Å². The summed E-state index contributed by atoms with van der Waals surface area (Å²) in [5.74, 6) is -0.160. The Morgan fingerprint density at radius 3 is 2.28 bits per heavy atom. The summed E-state index contributed by atoms with van der Waals surface area (Å²) in [6.45, 7) is -0.0533. The number of fused-ring (bicyclic) bond motifs is 1. The Hall–Kier alpha value is -3.16. The van der Waals surface area contributed by atoms with Crippen LogP contribution in [0.25, 0.3) is 11.0 Å². The maximum Gasteiger partial charge on any atom is 0.240 e. The number of amides is 1. The van der Waals surface area contributed by atoms with Crippen LogP contribution in [0.5, 0.6) is 0 Å². The standard InChI is InChI=1S/C24H22ClN3O3S/c1-32(30,31)16-22-26-20-9-5-6-10-21(20)28(22)15-23(29)27-24(17-7-3-2-4-8-17)18-11-13-19(25)14-12-18/h2-14,24H,15-16H2,1H3,(H,27,29)/t24-/m1/s1. The third kappa shape index (κ3) is 5.18. The van der Waals surface area contributed by atoms with Gasteiger partial charge in [-0.15, -0.1) is 0 Å². The van der Waals surface area contributed by atoms with E-state index in [2.05, 4.69) is 10.3 Å². The van der Waals surface area contributed by atoms with Crippen molar-refractivity contribution in [1.82, 2.24) is 14.9 Å². The number of aromatic nitrogens is 2. The van der Waals surface area contributed by atoms with Gasteiger partial charge in [0, 0.05) is 11.3 Å². The van der Waals surface area contributed by atoms with Crippen LogP contribution in [0.15, 0.2) is 78.9 Å². The zero-order valence-electron chi connectivity index (χ0n) is 17.4. The minimum atomic E-state index is -3.32. The molecule has 164 valence electrons. The highest BCUT2D eigenvalue weighted by atomic mass is 35.5. The molecule has 1 heterocycles. The molecule has 0 aliphatic carbocycles. The molecule has 32 heavy (non-hydrogen) atoms. The van der Waals surface area contributed by atoms with Crippen LogP contribution in [0, 0.1) is 0 Å². The molecule has 0 fully saturated rings. The van der Waals surface area contributed by atoms with Gasteiger partial charge in [0.25, 0.3) is 0 Å². The lowest BCUT2D eigenvalue weighted by molar-refractivity contribution is -0.122. The fraction of sp³-hybridized carbons (Fsp3) is 0.167. The predicted molar refractivity (Wildman–Crippen MR) is 126 cm³/mol. The first-order chi connectivity index (χ1) is 15.3. The first-order valence-corrected chi connectivity index (χ1v) is 12.5. The lowest BCUT2D eigenvalue weighted by Gasteiger charge is -2.20. The number of carbonyl (C=O) groups excluding carboxylic acids is 1. The van der Waals surface area contributed by atoms with Crippen LogP contribution in [0.2, 0.25) is 5.02 Å². The van der Waals surface area contributed by atoms with Gasteiger partial charge in [0.1, 0.15) is 18.1 Å². The molecule has 1 N–H and O–H groups in total. The van der Waals surface area contributed by atoms with Crippen molar-refractivity contribution in [1.29, 1.82) is 0 Å². The highest BCUT2D eigenvalue weighted by molar-refractivity contribution is 7.89. The summed E-state index contributed by atoms with van der Waals surface area (Å²) in [5.41, 5.74) is 3.18. The van der Waals surface area contributed by atoms with E-state index in [9.17, 15) is 13.2 Å². The number of sulfone groups is 1. The second kappa shape index (κ2) is 9.14. The van der Waals surface area contributed by atoms with E-state index in [0.29, 0.717) is 21.9 Å². The summed E-state index contributed by atoms with van der Waals surface area (Å²) in [6.07, 6.45) is 1.16. The molecule has 4 aromatic rings. The number of imidazole rings is 1. The van der Waals surface area contributed by atoms with Crippen molar-refractivity contribution < 1.29 is 13.2 Å². The summed E-state index contributed by atoms with van der Waals surface area (Å²) < 4.78 is 25.5. The number of rotatable bonds is 7. The first kappa shape index (κ1) is 22.0. The van der Waals surface area contributed by atoms with Crippen molar-refractivity contribution >= 4 is 38.4 Å². The third-order valence-electron chi connectivity index (χ3n) is 5.07. The predicted octanol–water partition coefficient (Wildman–Crippen LogP) is 4.14. The van der Waals surface area contributed by atoms with Gasteiger partial charge in [0.05, 0.1) is 17.1 Å². The van der Waals surface area contributed by atoms with E-state index in [1.165, 1.54) is 0 Å². The molecule has 1 atom stereocenters. The SMILES string of the molecule is CS(=O)(=O)Cc1nc2ccccc2n1CC(=O)N[C@H](c1ccccc1)c1ccc(Cl)cc1. The van der Waals surface area contributed by atoms with E-state index in [-0.39, 0.29) is 24.2 Å². The molecule has 0 saturated carbocycles. The molecule has 3 aromatic carbocycles. The van der Waals surface area contributed by atoms with E-state index in [1.807, 2.05) is 60.7 Å². The van der Waals surface area contributed by atoms with E-state index < -0.39 is 9.84 Å². The molecule has 0 spiro atoms. The van der Waals surface area contributed by atoms with Gasteiger partial charge in [-0.3, -0.25) is 4.79 Å². The summed E-state index contributed by atoms with van der Waals surface area (Å²) in [5, 5.41) is 3.70. The zero-order valence-corrected chi connectivity index (χ0v) is 19.0. The highest BCUT2D eigenvalue weighted by Crippen LogP contribution is 2.24. The quantitative estimate of drug-likeness (QED) is 0.443. The number of carbonyl (C=O) groups is 1. The lowest BCUT2D eigenvalue weighted by atomic mass is 9.98. The van der Waals surface area contributed by atoms with E-state index in [1.54, 1.807) is 22.8 Å². The maximum atomic E-state index is 13.2. The molecule has 8 heteroatoms. The molecule has 1 amide bonds. The number of halogens is 1. The van der Waals surface area contributed by atoms with Gasteiger partial charge in [-0.05, 0) is 35.4 Å². The number of nitrogens with one attached hydrogen (secondary N) is 1. The van der Waals surface area contributed by atoms with Crippen molar-refractivity contribution in [2.45, 2.75) is 18.3 Å². The van der Waals surface area contributed by atoms with E-state index >= 15 is 0 Å². The second-order valence-corrected chi connectivity index (χ2v) is 10.2. The van der Waals surface area contributed by atoms with E-state index in [0.717, 1.165) is 17.4 Å². The molecule has 0 aliphatic rings. The van der Waals surface area contributed by atoms with Gasteiger partial charge in [0.15, 0.2) is 9.84 Å². The Balaban J connectivity index is 1.66. The molecular formula is C24H22ClN3O3S. The molecular weight excluding hydrogens is 446 g/mol. The average molecular weight is 468 g/mol. The Morgan fingerprint density at radius 1 is 0.969 bits per heavy atom. The lowest BCUT2D eigenvalue weighted by Crippen LogP contribution is -2.32. The largest absolute Gasteiger partial charge is 0.344 e. The number of hydrogen-bond acceptors (Lipinski definition) is 4. The van der Waals surface area contributed by atoms with Gasteiger partial charge >= 0.3 is 0 Å². The van der Waals surface area contributed by atoms with Gasteiger partial charge < -0.3 is 9.88 Å². The van der Waals surface area contributed by atoms with Crippen molar-refractivity contribution in [3.63, 3.8) is 0 Å². The van der Waals surface area contributed by atoms with Gasteiger partial charge in [-0.25, -0.2) is 13.4 Å². The Labute approximate surface area is 191 Å². The Morgan fingerprint density at radius 2 is 1.59 bits per heavy atom. The Bertz CT molecular complexity index is 1350. The fourth-order valence-electron chi connectivity index (χ4n) is 3.66. The van der Waals surface area contributed by atoms with Crippen LogP contribution in [-0.2, 0) is 26.9 Å². The van der Waals surface area contributed by atoms with Crippen LogP contribution in [0.4, 0.5) is 0 Å².